The third kappa shape index (κ3) is 7.13. The van der Waals surface area contributed by atoms with Gasteiger partial charge in [-0.1, -0.05) is 87.5 Å². The number of hydrogen-bond donors (Lipinski definition) is 4. The van der Waals surface area contributed by atoms with Crippen molar-refractivity contribution >= 4 is 67.4 Å². The topological polar surface area (TPSA) is 165 Å². The summed E-state index contributed by atoms with van der Waals surface area (Å²) in [5, 5.41) is 9.91. The number of aromatic amines is 2. The summed E-state index contributed by atoms with van der Waals surface area (Å²) >= 11 is 0. The number of nitrogens with zero attached hydrogens (tertiary/aromatic N) is 4. The van der Waals surface area contributed by atoms with Crippen LogP contribution in [0, 0.1) is 11.8 Å². The second-order valence-electron chi connectivity index (χ2n) is 17.8. The average Bonchev–Trinajstić information content (AvgIpc) is 4.17. The summed E-state index contributed by atoms with van der Waals surface area (Å²) in [7, 11) is 1.30. The maximum Gasteiger partial charge on any atom is 0.407 e. The number of H-pyrrole nitrogens is 2. The Morgan fingerprint density at radius 3 is 2.06 bits per heavy atom. The van der Waals surface area contributed by atoms with Crippen LogP contribution >= 0.6 is 0 Å². The van der Waals surface area contributed by atoms with Gasteiger partial charge < -0.3 is 35.1 Å². The van der Waals surface area contributed by atoms with Crippen LogP contribution in [0.1, 0.15) is 94.6 Å². The number of aromatic nitrogens is 4. The SMILES string of the molecule is CCC(=O)N[C@@H](C(=O)N1[C@@H]2CCC(C2)[C@H]1c1nc2c(ccc3cc(-c4ccc5c(ccc6[nH]c([C@@H]7CCCN7C(=O)[C@@H](NC(=O)OC)C(C)C)nc65)c4)ccc32)[nH]1)c1ccccc1. The fourth-order valence-corrected chi connectivity index (χ4v) is 10.5. The van der Waals surface area contributed by atoms with Crippen molar-refractivity contribution in [3.05, 3.63) is 108 Å². The van der Waals surface area contributed by atoms with Crippen molar-refractivity contribution in [2.75, 3.05) is 13.7 Å². The van der Waals surface area contributed by atoms with Crippen LogP contribution in [0.5, 0.6) is 0 Å². The molecule has 322 valence electrons. The molecule has 6 atom stereocenters. The van der Waals surface area contributed by atoms with Crippen molar-refractivity contribution in [3.8, 4) is 11.1 Å². The van der Waals surface area contributed by atoms with Gasteiger partial charge in [0, 0.05) is 29.8 Å². The highest BCUT2D eigenvalue weighted by molar-refractivity contribution is 6.07. The molecule has 3 aliphatic rings. The average molecular weight is 845 g/mol. The Morgan fingerprint density at radius 1 is 0.778 bits per heavy atom. The molecular formula is C50H52N8O5. The van der Waals surface area contributed by atoms with E-state index in [1.165, 1.54) is 7.11 Å². The van der Waals surface area contributed by atoms with Crippen molar-refractivity contribution in [3.63, 3.8) is 0 Å². The maximum absolute atomic E-state index is 14.5. The number of hydrogen-bond acceptors (Lipinski definition) is 7. The Balaban J connectivity index is 0.925. The minimum absolute atomic E-state index is 0.0856. The molecule has 4 heterocycles. The maximum atomic E-state index is 14.5. The Bertz CT molecular complexity index is 2920. The van der Waals surface area contributed by atoms with Crippen LogP contribution in [0.15, 0.2) is 91.0 Å². The number of likely N-dealkylation sites (tertiary alicyclic amines) is 2. The molecule has 2 aliphatic heterocycles. The van der Waals surface area contributed by atoms with Crippen LogP contribution in [-0.2, 0) is 19.1 Å². The van der Waals surface area contributed by atoms with Crippen LogP contribution in [0.25, 0.3) is 54.7 Å². The van der Waals surface area contributed by atoms with Crippen molar-refractivity contribution in [2.24, 2.45) is 11.8 Å². The number of amides is 4. The van der Waals surface area contributed by atoms with E-state index in [9.17, 15) is 19.2 Å². The van der Waals surface area contributed by atoms with Crippen LogP contribution in [0.4, 0.5) is 4.79 Å². The van der Waals surface area contributed by atoms with E-state index in [2.05, 4.69) is 81.3 Å². The van der Waals surface area contributed by atoms with E-state index in [1.54, 1.807) is 6.92 Å². The number of methoxy groups -OCH3 is 1. The summed E-state index contributed by atoms with van der Waals surface area (Å²) in [6, 6.07) is 29.0. The molecule has 10 rings (SSSR count). The molecule has 1 aliphatic carbocycles. The summed E-state index contributed by atoms with van der Waals surface area (Å²) in [4.78, 5) is 74.4. The van der Waals surface area contributed by atoms with E-state index in [0.29, 0.717) is 18.9 Å². The molecule has 2 aromatic heterocycles. The molecule has 2 bridgehead atoms. The molecule has 5 aromatic carbocycles. The monoisotopic (exact) mass is 844 g/mol. The largest absolute Gasteiger partial charge is 0.453 e. The molecule has 0 spiro atoms. The number of imidazole rings is 2. The van der Waals surface area contributed by atoms with Crippen molar-refractivity contribution in [2.45, 2.75) is 89.5 Å². The first-order valence-electron chi connectivity index (χ1n) is 22.3. The molecule has 1 unspecified atom stereocenters. The second-order valence-corrected chi connectivity index (χ2v) is 17.8. The molecule has 63 heavy (non-hydrogen) atoms. The van der Waals surface area contributed by atoms with Crippen LogP contribution in [-0.4, -0.2) is 79.3 Å². The molecule has 7 aromatic rings. The van der Waals surface area contributed by atoms with Gasteiger partial charge in [0.15, 0.2) is 0 Å². The predicted molar refractivity (Wildman–Crippen MR) is 242 cm³/mol. The van der Waals surface area contributed by atoms with Gasteiger partial charge in [0.1, 0.15) is 23.7 Å². The number of nitrogens with one attached hydrogen (secondary N) is 4. The summed E-state index contributed by atoms with van der Waals surface area (Å²) < 4.78 is 4.80. The number of fused-ring (bicyclic) bond motifs is 8. The van der Waals surface area contributed by atoms with Gasteiger partial charge >= 0.3 is 6.09 Å². The number of benzene rings is 5. The van der Waals surface area contributed by atoms with Gasteiger partial charge in [-0.3, -0.25) is 14.4 Å². The minimum atomic E-state index is -0.760. The molecule has 0 radical (unpaired) electrons. The number of piperidine rings is 1. The van der Waals surface area contributed by atoms with E-state index in [1.807, 2.05) is 54.0 Å². The van der Waals surface area contributed by atoms with E-state index < -0.39 is 18.2 Å². The number of carbonyl (C=O) groups is 4. The zero-order valence-corrected chi connectivity index (χ0v) is 36.0. The quantitative estimate of drug-likeness (QED) is 0.107. The number of rotatable bonds is 10. The smallest absolute Gasteiger partial charge is 0.407 e. The Morgan fingerprint density at radius 2 is 1.43 bits per heavy atom. The third-order valence-electron chi connectivity index (χ3n) is 13.7. The predicted octanol–water partition coefficient (Wildman–Crippen LogP) is 8.78. The number of alkyl carbamates (subject to hydrolysis) is 1. The van der Waals surface area contributed by atoms with Crippen LogP contribution in [0.3, 0.4) is 0 Å². The lowest BCUT2D eigenvalue weighted by molar-refractivity contribution is -0.140. The molecule has 4 amide bonds. The van der Waals surface area contributed by atoms with Gasteiger partial charge in [-0.15, -0.1) is 0 Å². The fraction of sp³-hybridized carbons (Fsp3) is 0.360. The molecule has 2 saturated heterocycles. The molecule has 3 fully saturated rings. The van der Waals surface area contributed by atoms with Gasteiger partial charge in [-0.05, 0) is 95.7 Å². The van der Waals surface area contributed by atoms with Gasteiger partial charge in [0.25, 0.3) is 5.91 Å². The minimum Gasteiger partial charge on any atom is -0.453 e. The van der Waals surface area contributed by atoms with Gasteiger partial charge in [0.05, 0.1) is 41.3 Å². The van der Waals surface area contributed by atoms with Crippen molar-refractivity contribution in [1.29, 1.82) is 0 Å². The third-order valence-corrected chi connectivity index (χ3v) is 13.7. The normalized spacial score (nSPS) is 20.6. The highest BCUT2D eigenvalue weighted by Gasteiger charge is 2.51. The first kappa shape index (κ1) is 40.3. The van der Waals surface area contributed by atoms with Crippen molar-refractivity contribution < 1.29 is 23.9 Å². The number of carbonyl (C=O) groups excluding carboxylic acids is 4. The molecule has 4 N–H and O–H groups in total. The lowest BCUT2D eigenvalue weighted by atomic mass is 9.96. The highest BCUT2D eigenvalue weighted by atomic mass is 16.5. The lowest BCUT2D eigenvalue weighted by Crippen LogP contribution is -2.51. The van der Waals surface area contributed by atoms with Gasteiger partial charge in [0.2, 0.25) is 11.8 Å². The van der Waals surface area contributed by atoms with Crippen molar-refractivity contribution in [1.82, 2.24) is 40.4 Å². The summed E-state index contributed by atoms with van der Waals surface area (Å²) in [6.07, 6.45) is 4.21. The number of ether oxygens (including phenoxy) is 1. The zero-order valence-electron chi connectivity index (χ0n) is 36.0. The Kier molecular flexibility index (Phi) is 10.4. The molecule has 13 heteroatoms. The van der Waals surface area contributed by atoms with E-state index >= 15 is 0 Å². The van der Waals surface area contributed by atoms with Crippen LogP contribution in [0.2, 0.25) is 0 Å². The zero-order chi connectivity index (χ0) is 43.5. The van der Waals surface area contributed by atoms with E-state index in [-0.39, 0.29) is 41.8 Å². The highest BCUT2D eigenvalue weighted by Crippen LogP contribution is 2.51. The summed E-state index contributed by atoms with van der Waals surface area (Å²) in [5.74, 6) is 1.33. The summed E-state index contributed by atoms with van der Waals surface area (Å²) in [6.45, 7) is 6.22. The second kappa shape index (κ2) is 16.2. The van der Waals surface area contributed by atoms with Crippen LogP contribution < -0.4 is 10.6 Å². The standard InChI is InChI=1S/C50H52N8O5/c1-5-40(59)53-42(28-10-7-6-8-11-28)49(61)58-34-18-13-33(26-34)45(58)47-52-38-22-17-32-25-30(15-20-36(32)44(38)55-47)29-14-19-35-31(24-29)16-21-37-43(35)54-46(51-37)39-12-9-23-57(39)48(60)41(27(2)3)56-50(62)63-4/h6-8,10-11,14-17,19-22,24-25,27,33-34,39,41-42,45H,5,9,12-13,18,23,26H2,1-4H3,(H,51,54)(H,52,55)(H,53,59)(H,56,62)/t33?,34-,39+,41+,42-,45+/m1/s1. The molecular weight excluding hydrogens is 793 g/mol. The van der Waals surface area contributed by atoms with Gasteiger partial charge in [-0.25, -0.2) is 14.8 Å². The molecule has 1 saturated carbocycles. The molecule has 13 nitrogen and oxygen atoms in total. The van der Waals surface area contributed by atoms with E-state index in [0.717, 1.165) is 104 Å². The van der Waals surface area contributed by atoms with Gasteiger partial charge in [-0.2, -0.15) is 0 Å². The Hall–Kier alpha value is -6.76. The lowest BCUT2D eigenvalue weighted by Gasteiger charge is -2.36. The first-order chi connectivity index (χ1) is 30.6. The summed E-state index contributed by atoms with van der Waals surface area (Å²) in [5.41, 5.74) is 6.49. The van der Waals surface area contributed by atoms with E-state index in [4.69, 9.17) is 14.7 Å². The first-order valence-corrected chi connectivity index (χ1v) is 22.3. The Labute approximate surface area is 365 Å². The fourth-order valence-electron chi connectivity index (χ4n) is 10.5.